The number of aromatic nitrogens is 5. The topological polar surface area (TPSA) is 116 Å². The highest BCUT2D eigenvalue weighted by atomic mass is 16.5. The number of nitrogens with one attached hydrogen (secondary N) is 2. The summed E-state index contributed by atoms with van der Waals surface area (Å²) in [5, 5.41) is 17.9. The Labute approximate surface area is 208 Å². The number of benzene rings is 2. The number of pyridine rings is 1. The average Bonchev–Trinajstić information content (AvgIpc) is 3.36. The number of tetrazole rings is 1. The molecule has 2 atom stereocenters. The summed E-state index contributed by atoms with van der Waals surface area (Å²) in [6, 6.07) is 18.5. The normalized spacial score (nSPS) is 16.5. The predicted octanol–water partition coefficient (Wildman–Crippen LogP) is 3.83. The molecule has 2 aromatic heterocycles. The van der Waals surface area contributed by atoms with Crippen LogP contribution in [0.3, 0.4) is 0 Å². The van der Waals surface area contributed by atoms with Gasteiger partial charge >= 0.3 is 0 Å². The number of rotatable bonds is 8. The minimum atomic E-state index is -0.716. The van der Waals surface area contributed by atoms with Crippen molar-refractivity contribution in [3.8, 4) is 11.5 Å². The summed E-state index contributed by atoms with van der Waals surface area (Å²) in [5.41, 5.74) is 2.87. The van der Waals surface area contributed by atoms with E-state index in [2.05, 4.69) is 37.7 Å². The smallest absolute Gasteiger partial charge is 0.247 e. The van der Waals surface area contributed by atoms with Gasteiger partial charge in [0.05, 0.1) is 24.5 Å². The third-order valence-electron chi connectivity index (χ3n) is 5.78. The first kappa shape index (κ1) is 23.0. The van der Waals surface area contributed by atoms with Crippen LogP contribution in [0.4, 0.5) is 11.6 Å². The molecule has 0 radical (unpaired) electrons. The van der Waals surface area contributed by atoms with Gasteiger partial charge in [-0.1, -0.05) is 48.1 Å². The molecule has 0 aliphatic carbocycles. The van der Waals surface area contributed by atoms with Crippen LogP contribution in [-0.2, 0) is 11.4 Å². The number of carbonyl (C=O) groups is 1. The van der Waals surface area contributed by atoms with E-state index in [9.17, 15) is 4.79 Å². The van der Waals surface area contributed by atoms with Gasteiger partial charge in [-0.15, -0.1) is 0 Å². The molecule has 36 heavy (non-hydrogen) atoms. The molecule has 10 nitrogen and oxygen atoms in total. The van der Waals surface area contributed by atoms with Crippen molar-refractivity contribution in [3.63, 3.8) is 0 Å². The largest absolute Gasteiger partial charge is 0.490 e. The summed E-state index contributed by atoms with van der Waals surface area (Å²) in [7, 11) is 0. The van der Waals surface area contributed by atoms with Crippen LogP contribution in [0, 0.1) is 5.92 Å². The van der Waals surface area contributed by atoms with Crippen LogP contribution >= 0.6 is 0 Å². The van der Waals surface area contributed by atoms with Crippen LogP contribution in [0.15, 0.2) is 85.3 Å². The lowest BCUT2D eigenvalue weighted by atomic mass is 9.88. The number of nitrogens with zero attached hydrogens (tertiary/aromatic N) is 5. The molecule has 10 heteroatoms. The molecule has 4 aromatic rings. The number of hydrogen-bond acceptors (Lipinski definition) is 8. The van der Waals surface area contributed by atoms with E-state index in [0.717, 1.165) is 11.1 Å². The Morgan fingerprint density at radius 1 is 1.11 bits per heavy atom. The van der Waals surface area contributed by atoms with Gasteiger partial charge in [0, 0.05) is 11.9 Å². The van der Waals surface area contributed by atoms with Crippen molar-refractivity contribution in [2.75, 3.05) is 17.2 Å². The summed E-state index contributed by atoms with van der Waals surface area (Å²) in [4.78, 5) is 17.5. The maximum absolute atomic E-state index is 13.5. The minimum absolute atomic E-state index is 0.269. The molecule has 5 rings (SSSR count). The van der Waals surface area contributed by atoms with E-state index in [1.54, 1.807) is 29.2 Å². The molecule has 1 amide bonds. The van der Waals surface area contributed by atoms with Gasteiger partial charge in [-0.3, -0.25) is 9.78 Å². The molecular weight excluding hydrogens is 458 g/mol. The zero-order valence-electron chi connectivity index (χ0n) is 19.7. The third kappa shape index (κ3) is 4.74. The molecule has 0 fully saturated rings. The van der Waals surface area contributed by atoms with Crippen LogP contribution in [0.1, 0.15) is 24.1 Å². The van der Waals surface area contributed by atoms with E-state index in [1.807, 2.05) is 55.5 Å². The Hall–Kier alpha value is -4.73. The van der Waals surface area contributed by atoms with Crippen LogP contribution < -0.4 is 20.1 Å². The summed E-state index contributed by atoms with van der Waals surface area (Å²) in [5.74, 6) is 0.584. The first-order valence-corrected chi connectivity index (χ1v) is 11.5. The molecule has 182 valence electrons. The van der Waals surface area contributed by atoms with Gasteiger partial charge in [-0.05, 0) is 52.7 Å². The zero-order valence-corrected chi connectivity index (χ0v) is 19.7. The van der Waals surface area contributed by atoms with Gasteiger partial charge in [-0.25, -0.2) is 4.68 Å². The van der Waals surface area contributed by atoms with Gasteiger partial charge in [0.25, 0.3) is 0 Å². The van der Waals surface area contributed by atoms with Crippen LogP contribution in [0.2, 0.25) is 0 Å². The molecule has 1 aliphatic rings. The molecule has 2 aromatic carbocycles. The van der Waals surface area contributed by atoms with E-state index < -0.39 is 12.0 Å². The fourth-order valence-corrected chi connectivity index (χ4v) is 4.14. The fraction of sp³-hybridized carbons (Fsp3) is 0.192. The molecule has 2 unspecified atom stereocenters. The van der Waals surface area contributed by atoms with Gasteiger partial charge in [0.1, 0.15) is 12.5 Å². The highest BCUT2D eigenvalue weighted by molar-refractivity contribution is 5.95. The molecule has 0 saturated carbocycles. The summed E-state index contributed by atoms with van der Waals surface area (Å²) in [6.07, 6.45) is 3.23. The Kier molecular flexibility index (Phi) is 6.57. The van der Waals surface area contributed by atoms with Crippen molar-refractivity contribution in [1.82, 2.24) is 25.2 Å². The lowest BCUT2D eigenvalue weighted by Gasteiger charge is -2.33. The predicted molar refractivity (Wildman–Crippen MR) is 133 cm³/mol. The van der Waals surface area contributed by atoms with E-state index in [0.29, 0.717) is 42.0 Å². The number of carbonyl (C=O) groups excluding carboxylic acids is 1. The molecule has 0 bridgehead atoms. The average molecular weight is 484 g/mol. The second kappa shape index (κ2) is 10.3. The zero-order chi connectivity index (χ0) is 24.9. The molecule has 1 aliphatic heterocycles. The van der Waals surface area contributed by atoms with Crippen molar-refractivity contribution in [2.24, 2.45) is 5.92 Å². The molecule has 0 saturated heterocycles. The second-order valence-corrected chi connectivity index (χ2v) is 8.16. The second-order valence-electron chi connectivity index (χ2n) is 8.16. The maximum Gasteiger partial charge on any atom is 0.247 e. The van der Waals surface area contributed by atoms with Gasteiger partial charge in [0.15, 0.2) is 11.5 Å². The van der Waals surface area contributed by atoms with E-state index in [-0.39, 0.29) is 5.91 Å². The molecular formula is C26H25N7O3. The highest BCUT2D eigenvalue weighted by Crippen LogP contribution is 2.40. The number of amides is 1. The van der Waals surface area contributed by atoms with E-state index in [1.165, 1.54) is 0 Å². The minimum Gasteiger partial charge on any atom is -0.490 e. The molecule has 0 spiro atoms. The van der Waals surface area contributed by atoms with Crippen molar-refractivity contribution >= 4 is 17.5 Å². The van der Waals surface area contributed by atoms with E-state index in [4.69, 9.17) is 9.47 Å². The van der Waals surface area contributed by atoms with Crippen LogP contribution in [-0.4, -0.2) is 37.7 Å². The number of hydrogen-bond donors (Lipinski definition) is 2. The van der Waals surface area contributed by atoms with Crippen molar-refractivity contribution < 1.29 is 14.3 Å². The Bertz CT molecular complexity index is 1360. The maximum atomic E-state index is 13.5. The van der Waals surface area contributed by atoms with Gasteiger partial charge in [-0.2, -0.15) is 0 Å². The quantitative estimate of drug-likeness (QED) is 0.389. The SMILES string of the molecule is C=C1Nc2nnnn2C(c2ccc(OCc3ccccc3)c(OCC)c2)C1C(=O)Nc1cccnc1. The molecule has 3 heterocycles. The van der Waals surface area contributed by atoms with Crippen LogP contribution in [0.25, 0.3) is 0 Å². The Morgan fingerprint density at radius 2 is 1.97 bits per heavy atom. The number of ether oxygens (including phenoxy) is 2. The number of fused-ring (bicyclic) bond motifs is 1. The summed E-state index contributed by atoms with van der Waals surface area (Å²) in [6.45, 7) is 6.86. The van der Waals surface area contributed by atoms with Crippen molar-refractivity contribution in [2.45, 2.75) is 19.6 Å². The monoisotopic (exact) mass is 483 g/mol. The summed E-state index contributed by atoms with van der Waals surface area (Å²) >= 11 is 0. The first-order valence-electron chi connectivity index (χ1n) is 11.5. The number of anilines is 2. The van der Waals surface area contributed by atoms with Crippen LogP contribution in [0.5, 0.6) is 11.5 Å². The van der Waals surface area contributed by atoms with Gasteiger partial charge < -0.3 is 20.1 Å². The highest BCUT2D eigenvalue weighted by Gasteiger charge is 2.40. The van der Waals surface area contributed by atoms with E-state index >= 15 is 0 Å². The summed E-state index contributed by atoms with van der Waals surface area (Å²) < 4.78 is 13.6. The van der Waals surface area contributed by atoms with Gasteiger partial charge in [0.2, 0.25) is 11.9 Å². The standard InChI is InChI=1S/C26H25N7O3/c1-3-35-22-14-19(11-12-21(22)36-16-18-8-5-4-6-9-18)24-23(17(2)28-26-30-31-32-33(24)26)25(34)29-20-10-7-13-27-15-20/h4-15,23-24H,2-3,16H2,1H3,(H,29,34)(H,28,30,32). The van der Waals surface area contributed by atoms with Crippen molar-refractivity contribution in [1.29, 1.82) is 0 Å². The lowest BCUT2D eigenvalue weighted by molar-refractivity contribution is -0.119. The Balaban J connectivity index is 1.48. The Morgan fingerprint density at radius 3 is 2.75 bits per heavy atom. The first-order chi connectivity index (χ1) is 17.6. The van der Waals surface area contributed by atoms with Crippen molar-refractivity contribution in [3.05, 3.63) is 96.5 Å². The third-order valence-corrected chi connectivity index (χ3v) is 5.78. The fourth-order valence-electron chi connectivity index (χ4n) is 4.14. The molecule has 2 N–H and O–H groups in total. The lowest BCUT2D eigenvalue weighted by Crippen LogP contribution is -2.39.